The molecule has 1 aromatic carbocycles. The molecule has 0 aliphatic heterocycles. The van der Waals surface area contributed by atoms with Crippen molar-refractivity contribution in [2.24, 2.45) is 5.92 Å². The molecule has 1 saturated carbocycles. The Labute approximate surface area is 95.6 Å². The van der Waals surface area contributed by atoms with Crippen molar-refractivity contribution in [2.75, 3.05) is 0 Å². The highest BCUT2D eigenvalue weighted by Crippen LogP contribution is 2.42. The van der Waals surface area contributed by atoms with Crippen LogP contribution in [0.3, 0.4) is 0 Å². The Balaban J connectivity index is 2.42. The Kier molecular flexibility index (Phi) is 2.82. The van der Waals surface area contributed by atoms with Crippen molar-refractivity contribution in [2.45, 2.75) is 26.7 Å². The maximum atomic E-state index is 10.8. The summed E-state index contributed by atoms with van der Waals surface area (Å²) in [6.07, 6.45) is 3.60. The van der Waals surface area contributed by atoms with Gasteiger partial charge in [0.2, 0.25) is 0 Å². The number of carbonyl (C=O) groups is 1. The average molecular weight is 216 g/mol. The molecular formula is C14H16O2. The molecule has 1 aliphatic rings. The lowest BCUT2D eigenvalue weighted by Crippen LogP contribution is -1.95. The fraction of sp³-hybridized carbons (Fsp3) is 0.357. The molecule has 0 bridgehead atoms. The molecule has 0 atom stereocenters. The number of hydrogen-bond donors (Lipinski definition) is 1. The first kappa shape index (κ1) is 10.9. The minimum atomic E-state index is -0.846. The Morgan fingerprint density at radius 3 is 2.25 bits per heavy atom. The highest BCUT2D eigenvalue weighted by atomic mass is 16.4. The molecule has 2 heteroatoms. The van der Waals surface area contributed by atoms with Crippen molar-refractivity contribution in [1.29, 1.82) is 0 Å². The van der Waals surface area contributed by atoms with Gasteiger partial charge in [0.05, 0.1) is 0 Å². The Hall–Kier alpha value is -1.57. The van der Waals surface area contributed by atoms with Gasteiger partial charge in [-0.3, -0.25) is 0 Å². The minimum absolute atomic E-state index is 0.456. The summed E-state index contributed by atoms with van der Waals surface area (Å²) in [6, 6.07) is 6.25. The van der Waals surface area contributed by atoms with Crippen LogP contribution in [0.15, 0.2) is 24.3 Å². The van der Waals surface area contributed by atoms with Crippen LogP contribution in [0.25, 0.3) is 5.57 Å². The molecule has 1 aliphatic carbocycles. The van der Waals surface area contributed by atoms with Crippen LogP contribution in [0.1, 0.15) is 29.5 Å². The van der Waals surface area contributed by atoms with E-state index < -0.39 is 5.97 Å². The first-order valence-electron chi connectivity index (χ1n) is 5.59. The van der Waals surface area contributed by atoms with Gasteiger partial charge < -0.3 is 5.11 Å². The summed E-state index contributed by atoms with van der Waals surface area (Å²) in [5.74, 6) is -0.390. The van der Waals surface area contributed by atoms with E-state index in [1.165, 1.54) is 17.2 Å². The van der Waals surface area contributed by atoms with Gasteiger partial charge in [-0.25, -0.2) is 4.79 Å². The number of rotatable bonds is 3. The van der Waals surface area contributed by atoms with Gasteiger partial charge in [-0.05, 0) is 43.7 Å². The summed E-state index contributed by atoms with van der Waals surface area (Å²) in [5.41, 5.74) is 4.43. The first-order chi connectivity index (χ1) is 7.56. The quantitative estimate of drug-likeness (QED) is 0.788. The Morgan fingerprint density at radius 2 is 1.81 bits per heavy atom. The lowest BCUT2D eigenvalue weighted by molar-refractivity contribution is -0.131. The molecule has 0 saturated heterocycles. The second kappa shape index (κ2) is 4.12. The standard InChI is InChI=1S/C14H16O2/c1-9-5-10(2)7-12(6-9)13(8-14(15)16)11-3-4-11/h5-8,11H,3-4H2,1-2H3,(H,15,16)/b13-8+. The molecule has 2 nitrogen and oxygen atoms in total. The van der Waals surface area contributed by atoms with Crippen LogP contribution in [-0.2, 0) is 4.79 Å². The number of benzene rings is 1. The zero-order valence-electron chi connectivity index (χ0n) is 9.66. The predicted molar refractivity (Wildman–Crippen MR) is 64.3 cm³/mol. The maximum Gasteiger partial charge on any atom is 0.328 e. The second-order valence-electron chi connectivity index (χ2n) is 4.59. The fourth-order valence-corrected chi connectivity index (χ4v) is 2.11. The first-order valence-corrected chi connectivity index (χ1v) is 5.59. The van der Waals surface area contributed by atoms with Gasteiger partial charge in [0.25, 0.3) is 0 Å². The lowest BCUT2D eigenvalue weighted by atomic mass is 9.97. The molecule has 0 aromatic heterocycles. The van der Waals surface area contributed by atoms with Gasteiger partial charge in [0.1, 0.15) is 0 Å². The number of aryl methyl sites for hydroxylation is 2. The fourth-order valence-electron chi connectivity index (χ4n) is 2.11. The highest BCUT2D eigenvalue weighted by Gasteiger charge is 2.27. The van der Waals surface area contributed by atoms with E-state index in [4.69, 9.17) is 5.11 Å². The molecule has 16 heavy (non-hydrogen) atoms. The Bertz CT molecular complexity index is 434. The van der Waals surface area contributed by atoms with Crippen molar-refractivity contribution in [3.63, 3.8) is 0 Å². The Morgan fingerprint density at radius 1 is 1.25 bits per heavy atom. The van der Waals surface area contributed by atoms with E-state index in [9.17, 15) is 4.79 Å². The van der Waals surface area contributed by atoms with Crippen LogP contribution in [-0.4, -0.2) is 11.1 Å². The zero-order valence-corrected chi connectivity index (χ0v) is 9.66. The van der Waals surface area contributed by atoms with E-state index >= 15 is 0 Å². The largest absolute Gasteiger partial charge is 0.478 e. The molecule has 0 radical (unpaired) electrons. The number of aliphatic carboxylic acids is 1. The monoisotopic (exact) mass is 216 g/mol. The maximum absolute atomic E-state index is 10.8. The number of allylic oxidation sites excluding steroid dienone is 1. The van der Waals surface area contributed by atoms with Gasteiger partial charge in [0.15, 0.2) is 0 Å². The van der Waals surface area contributed by atoms with Crippen LogP contribution < -0.4 is 0 Å². The van der Waals surface area contributed by atoms with Gasteiger partial charge >= 0.3 is 5.97 Å². The third-order valence-electron chi connectivity index (χ3n) is 2.85. The summed E-state index contributed by atoms with van der Waals surface area (Å²) in [7, 11) is 0. The van der Waals surface area contributed by atoms with Crippen molar-refractivity contribution in [3.8, 4) is 0 Å². The van der Waals surface area contributed by atoms with Crippen molar-refractivity contribution in [3.05, 3.63) is 41.0 Å². The van der Waals surface area contributed by atoms with Gasteiger partial charge in [-0.2, -0.15) is 0 Å². The molecule has 84 valence electrons. The molecular weight excluding hydrogens is 200 g/mol. The molecule has 0 unspecified atom stereocenters. The van der Waals surface area contributed by atoms with Crippen molar-refractivity contribution >= 4 is 11.5 Å². The molecule has 1 fully saturated rings. The van der Waals surface area contributed by atoms with E-state index in [2.05, 4.69) is 18.2 Å². The zero-order chi connectivity index (χ0) is 11.7. The van der Waals surface area contributed by atoms with Gasteiger partial charge in [-0.1, -0.05) is 29.3 Å². The predicted octanol–water partition coefficient (Wildman–Crippen LogP) is 3.18. The number of carboxylic acids is 1. The van der Waals surface area contributed by atoms with Crippen LogP contribution in [0.2, 0.25) is 0 Å². The van der Waals surface area contributed by atoms with Crippen molar-refractivity contribution in [1.82, 2.24) is 0 Å². The van der Waals surface area contributed by atoms with Crippen LogP contribution >= 0.6 is 0 Å². The molecule has 2 rings (SSSR count). The van der Waals surface area contributed by atoms with E-state index in [1.54, 1.807) is 0 Å². The van der Waals surface area contributed by atoms with E-state index in [1.807, 2.05) is 13.8 Å². The van der Waals surface area contributed by atoms with Crippen LogP contribution in [0.4, 0.5) is 0 Å². The second-order valence-corrected chi connectivity index (χ2v) is 4.59. The van der Waals surface area contributed by atoms with E-state index in [-0.39, 0.29) is 0 Å². The van der Waals surface area contributed by atoms with Gasteiger partial charge in [-0.15, -0.1) is 0 Å². The summed E-state index contributed by atoms with van der Waals surface area (Å²) < 4.78 is 0. The third kappa shape index (κ3) is 2.51. The SMILES string of the molecule is Cc1cc(C)cc(/C(=C/C(=O)O)C2CC2)c1. The molecule has 0 spiro atoms. The lowest BCUT2D eigenvalue weighted by Gasteiger charge is -2.08. The molecule has 1 aromatic rings. The van der Waals surface area contributed by atoms with Crippen LogP contribution in [0, 0.1) is 19.8 Å². The molecule has 0 amide bonds. The highest BCUT2D eigenvalue weighted by molar-refractivity contribution is 5.91. The molecule has 0 heterocycles. The van der Waals surface area contributed by atoms with Gasteiger partial charge in [0, 0.05) is 6.08 Å². The smallest absolute Gasteiger partial charge is 0.328 e. The number of carboxylic acid groups (broad SMARTS) is 1. The topological polar surface area (TPSA) is 37.3 Å². The summed E-state index contributed by atoms with van der Waals surface area (Å²) in [5, 5.41) is 8.88. The minimum Gasteiger partial charge on any atom is -0.478 e. The van der Waals surface area contributed by atoms with Crippen molar-refractivity contribution < 1.29 is 9.90 Å². The average Bonchev–Trinajstić information content (AvgIpc) is 2.95. The third-order valence-corrected chi connectivity index (χ3v) is 2.85. The number of hydrogen-bond acceptors (Lipinski definition) is 1. The normalized spacial score (nSPS) is 16.2. The van der Waals surface area contributed by atoms with E-state index in [0.717, 1.165) is 24.0 Å². The summed E-state index contributed by atoms with van der Waals surface area (Å²) in [4.78, 5) is 10.8. The summed E-state index contributed by atoms with van der Waals surface area (Å²) in [6.45, 7) is 4.09. The molecule has 1 N–H and O–H groups in total. The summed E-state index contributed by atoms with van der Waals surface area (Å²) >= 11 is 0. The van der Waals surface area contributed by atoms with Crippen LogP contribution in [0.5, 0.6) is 0 Å². The van der Waals surface area contributed by atoms with E-state index in [0.29, 0.717) is 5.92 Å².